The van der Waals surface area contributed by atoms with Crippen molar-refractivity contribution in [3.05, 3.63) is 87.9 Å². The van der Waals surface area contributed by atoms with Crippen LogP contribution in [0, 0.1) is 0 Å². The standard InChI is InChI=1S/C25H23N5O2S/c26-24-19-8-3-4-9-20(19)27-22(28-24)16-29-11-13-30(14-12-29)25(32)18-7-2-1-6-17(18)23(31)21-10-5-15-33-21/h1-10,15H,11-14,16H2,(H2,26,27,28). The van der Waals surface area contributed by atoms with Gasteiger partial charge in [0.15, 0.2) is 0 Å². The van der Waals surface area contributed by atoms with Gasteiger partial charge in [0.05, 0.1) is 22.5 Å². The zero-order valence-corrected chi connectivity index (χ0v) is 18.8. The minimum atomic E-state index is -0.112. The van der Waals surface area contributed by atoms with E-state index in [0.717, 1.165) is 10.9 Å². The number of rotatable bonds is 5. The largest absolute Gasteiger partial charge is 0.383 e. The maximum Gasteiger partial charge on any atom is 0.254 e. The Balaban J connectivity index is 1.27. The molecule has 2 aromatic carbocycles. The molecule has 1 fully saturated rings. The highest BCUT2D eigenvalue weighted by molar-refractivity contribution is 7.12. The summed E-state index contributed by atoms with van der Waals surface area (Å²) in [5.74, 6) is 0.939. The summed E-state index contributed by atoms with van der Waals surface area (Å²) in [5, 5.41) is 2.72. The van der Waals surface area contributed by atoms with E-state index in [1.165, 1.54) is 11.3 Å². The SMILES string of the molecule is Nc1nc(CN2CCN(C(=O)c3ccccc3C(=O)c3cccs3)CC2)nc2ccccc12. The van der Waals surface area contributed by atoms with Gasteiger partial charge >= 0.3 is 0 Å². The highest BCUT2D eigenvalue weighted by Crippen LogP contribution is 2.21. The van der Waals surface area contributed by atoms with E-state index in [4.69, 9.17) is 5.73 Å². The second-order valence-electron chi connectivity index (χ2n) is 7.96. The van der Waals surface area contributed by atoms with Crippen LogP contribution in [0.1, 0.15) is 31.4 Å². The molecule has 0 spiro atoms. The third-order valence-electron chi connectivity index (χ3n) is 5.85. The quantitative estimate of drug-likeness (QED) is 0.462. The van der Waals surface area contributed by atoms with E-state index >= 15 is 0 Å². The molecule has 0 unspecified atom stereocenters. The Bertz CT molecular complexity index is 1310. The van der Waals surface area contributed by atoms with Crippen molar-refractivity contribution < 1.29 is 9.59 Å². The molecule has 1 saturated heterocycles. The molecule has 33 heavy (non-hydrogen) atoms. The lowest BCUT2D eigenvalue weighted by Gasteiger charge is -2.34. The van der Waals surface area contributed by atoms with Gasteiger partial charge in [0, 0.05) is 37.1 Å². The molecule has 0 bridgehead atoms. The predicted molar refractivity (Wildman–Crippen MR) is 129 cm³/mol. The summed E-state index contributed by atoms with van der Waals surface area (Å²) in [5.41, 5.74) is 7.85. The van der Waals surface area contributed by atoms with E-state index in [2.05, 4.69) is 14.9 Å². The van der Waals surface area contributed by atoms with Gasteiger partial charge in [-0.25, -0.2) is 9.97 Å². The number of carbonyl (C=O) groups excluding carboxylic acids is 2. The molecule has 1 aliphatic rings. The molecule has 0 saturated carbocycles. The first kappa shape index (κ1) is 21.2. The number of carbonyl (C=O) groups is 2. The number of nitrogen functional groups attached to an aromatic ring is 1. The number of nitrogens with two attached hydrogens (primary N) is 1. The number of ketones is 1. The minimum absolute atomic E-state index is 0.110. The smallest absolute Gasteiger partial charge is 0.254 e. The Morgan fingerprint density at radius 1 is 0.879 bits per heavy atom. The fourth-order valence-corrected chi connectivity index (χ4v) is 4.79. The third-order valence-corrected chi connectivity index (χ3v) is 6.72. The predicted octanol–water partition coefficient (Wildman–Crippen LogP) is 3.46. The summed E-state index contributed by atoms with van der Waals surface area (Å²) >= 11 is 1.38. The lowest BCUT2D eigenvalue weighted by atomic mass is 10.0. The molecule has 4 aromatic rings. The summed E-state index contributed by atoms with van der Waals surface area (Å²) in [6.45, 7) is 3.11. The van der Waals surface area contributed by atoms with Gasteiger partial charge in [0.25, 0.3) is 5.91 Å². The number of nitrogens with zero attached hydrogens (tertiary/aromatic N) is 4. The molecule has 3 heterocycles. The van der Waals surface area contributed by atoms with Crippen LogP contribution in [-0.2, 0) is 6.54 Å². The van der Waals surface area contributed by atoms with Crippen molar-refractivity contribution in [1.29, 1.82) is 0 Å². The average molecular weight is 458 g/mol. The maximum absolute atomic E-state index is 13.3. The van der Waals surface area contributed by atoms with Gasteiger partial charge in [0.1, 0.15) is 11.6 Å². The van der Waals surface area contributed by atoms with Crippen LogP contribution in [0.15, 0.2) is 66.0 Å². The van der Waals surface area contributed by atoms with E-state index in [0.29, 0.717) is 60.4 Å². The Kier molecular flexibility index (Phi) is 5.85. The van der Waals surface area contributed by atoms with Gasteiger partial charge in [-0.3, -0.25) is 14.5 Å². The first-order chi connectivity index (χ1) is 16.1. The number of piperazine rings is 1. The molecule has 0 radical (unpaired) electrons. The number of para-hydroxylation sites is 1. The Hall–Kier alpha value is -3.62. The lowest BCUT2D eigenvalue weighted by Crippen LogP contribution is -2.48. The summed E-state index contributed by atoms with van der Waals surface area (Å²) in [7, 11) is 0. The Morgan fingerprint density at radius 2 is 1.61 bits per heavy atom. The molecular formula is C25H23N5O2S. The highest BCUT2D eigenvalue weighted by Gasteiger charge is 2.26. The van der Waals surface area contributed by atoms with Crippen LogP contribution < -0.4 is 5.73 Å². The van der Waals surface area contributed by atoms with E-state index < -0.39 is 0 Å². The fraction of sp³-hybridized carbons (Fsp3) is 0.200. The fourth-order valence-electron chi connectivity index (χ4n) is 4.11. The van der Waals surface area contributed by atoms with Crippen LogP contribution in [0.25, 0.3) is 10.9 Å². The molecule has 2 aromatic heterocycles. The number of hydrogen-bond acceptors (Lipinski definition) is 7. The van der Waals surface area contributed by atoms with Crippen molar-refractivity contribution in [2.45, 2.75) is 6.54 Å². The summed E-state index contributed by atoms with van der Waals surface area (Å²) < 4.78 is 0. The first-order valence-electron chi connectivity index (χ1n) is 10.8. The molecule has 5 rings (SSSR count). The van der Waals surface area contributed by atoms with Crippen LogP contribution in [-0.4, -0.2) is 57.6 Å². The molecule has 166 valence electrons. The minimum Gasteiger partial charge on any atom is -0.383 e. The van der Waals surface area contributed by atoms with E-state index in [-0.39, 0.29) is 11.7 Å². The van der Waals surface area contributed by atoms with Crippen molar-refractivity contribution in [2.75, 3.05) is 31.9 Å². The van der Waals surface area contributed by atoms with Crippen LogP contribution in [0.3, 0.4) is 0 Å². The van der Waals surface area contributed by atoms with Gasteiger partial charge in [0.2, 0.25) is 5.78 Å². The summed E-state index contributed by atoms with van der Waals surface area (Å²) in [6.07, 6.45) is 0. The van der Waals surface area contributed by atoms with Crippen molar-refractivity contribution in [1.82, 2.24) is 19.8 Å². The van der Waals surface area contributed by atoms with Gasteiger partial charge in [-0.15, -0.1) is 11.3 Å². The summed E-state index contributed by atoms with van der Waals surface area (Å²) in [6, 6.07) is 18.4. The van der Waals surface area contributed by atoms with Crippen molar-refractivity contribution in [3.8, 4) is 0 Å². The van der Waals surface area contributed by atoms with Gasteiger partial charge in [-0.05, 0) is 29.6 Å². The van der Waals surface area contributed by atoms with Crippen molar-refractivity contribution >= 4 is 39.7 Å². The topological polar surface area (TPSA) is 92.4 Å². The van der Waals surface area contributed by atoms with E-state index in [9.17, 15) is 9.59 Å². The number of fused-ring (bicyclic) bond motifs is 1. The molecular weight excluding hydrogens is 434 g/mol. The van der Waals surface area contributed by atoms with E-state index in [1.807, 2.05) is 40.6 Å². The molecule has 1 aliphatic heterocycles. The molecule has 0 aliphatic carbocycles. The molecule has 7 nitrogen and oxygen atoms in total. The second kappa shape index (κ2) is 9.09. The van der Waals surface area contributed by atoms with Gasteiger partial charge in [-0.2, -0.15) is 0 Å². The van der Waals surface area contributed by atoms with Crippen molar-refractivity contribution in [3.63, 3.8) is 0 Å². The van der Waals surface area contributed by atoms with E-state index in [1.54, 1.807) is 30.3 Å². The van der Waals surface area contributed by atoms with Gasteiger partial charge in [-0.1, -0.05) is 36.4 Å². The van der Waals surface area contributed by atoms with Crippen molar-refractivity contribution in [2.24, 2.45) is 0 Å². The molecule has 1 amide bonds. The first-order valence-corrected chi connectivity index (χ1v) is 11.7. The Morgan fingerprint density at radius 3 is 2.36 bits per heavy atom. The number of benzene rings is 2. The van der Waals surface area contributed by atoms with Crippen LogP contribution >= 0.6 is 11.3 Å². The van der Waals surface area contributed by atoms with Crippen LogP contribution in [0.5, 0.6) is 0 Å². The molecule has 2 N–H and O–H groups in total. The normalized spacial score (nSPS) is 14.5. The number of aromatic nitrogens is 2. The average Bonchev–Trinajstić information content (AvgIpc) is 3.39. The monoisotopic (exact) mass is 457 g/mol. The molecule has 8 heteroatoms. The highest BCUT2D eigenvalue weighted by atomic mass is 32.1. The summed E-state index contributed by atoms with van der Waals surface area (Å²) in [4.78, 5) is 39.9. The number of thiophene rings is 1. The second-order valence-corrected chi connectivity index (χ2v) is 8.91. The number of hydrogen-bond donors (Lipinski definition) is 1. The van der Waals surface area contributed by atoms with Crippen LogP contribution in [0.2, 0.25) is 0 Å². The maximum atomic E-state index is 13.3. The molecule has 0 atom stereocenters. The zero-order valence-electron chi connectivity index (χ0n) is 18.0. The third kappa shape index (κ3) is 4.35. The lowest BCUT2D eigenvalue weighted by molar-refractivity contribution is 0.0623. The number of amides is 1. The zero-order chi connectivity index (χ0) is 22.8. The number of anilines is 1. The van der Waals surface area contributed by atoms with Crippen LogP contribution in [0.4, 0.5) is 5.82 Å². The Labute approximate surface area is 195 Å². The van der Waals surface area contributed by atoms with Gasteiger partial charge < -0.3 is 10.6 Å².